The molecule has 0 aliphatic carbocycles. The van der Waals surface area contributed by atoms with E-state index < -0.39 is 17.2 Å². The summed E-state index contributed by atoms with van der Waals surface area (Å²) in [6.45, 7) is 0. The minimum atomic E-state index is -1.68. The Kier molecular flexibility index (Phi) is 3.68. The molecule has 6 heteroatoms. The zero-order valence-corrected chi connectivity index (χ0v) is 11.5. The number of nitrogens with one attached hydrogen (secondary N) is 1. The van der Waals surface area contributed by atoms with Gasteiger partial charge in [0, 0.05) is 12.0 Å². The van der Waals surface area contributed by atoms with Gasteiger partial charge < -0.3 is 5.11 Å². The van der Waals surface area contributed by atoms with Crippen LogP contribution in [-0.2, 0) is 12.0 Å². The Morgan fingerprint density at radius 1 is 1.05 bits per heavy atom. The molecule has 0 spiro atoms. The van der Waals surface area contributed by atoms with Gasteiger partial charge in [-0.1, -0.05) is 30.3 Å². The molecule has 1 heterocycles. The first-order valence-corrected chi connectivity index (χ1v) is 6.67. The molecule has 3 rings (SSSR count). The van der Waals surface area contributed by atoms with Crippen molar-refractivity contribution in [2.24, 2.45) is 0 Å². The van der Waals surface area contributed by atoms with Crippen molar-refractivity contribution >= 4 is 0 Å². The zero-order valence-electron chi connectivity index (χ0n) is 11.5. The number of aliphatic hydroxyl groups is 1. The molecule has 4 nitrogen and oxygen atoms in total. The van der Waals surface area contributed by atoms with Crippen LogP contribution < -0.4 is 0 Å². The van der Waals surface area contributed by atoms with E-state index in [9.17, 15) is 13.9 Å². The molecular formula is C16H13F2N3O. The Morgan fingerprint density at radius 2 is 1.77 bits per heavy atom. The van der Waals surface area contributed by atoms with Crippen LogP contribution in [0.4, 0.5) is 8.78 Å². The molecule has 0 fully saturated rings. The van der Waals surface area contributed by atoms with Gasteiger partial charge in [-0.3, -0.25) is 5.10 Å². The largest absolute Gasteiger partial charge is 0.380 e. The predicted octanol–water partition coefficient (Wildman–Crippen LogP) is 2.56. The van der Waals surface area contributed by atoms with Gasteiger partial charge in [-0.15, -0.1) is 0 Å². The highest BCUT2D eigenvalue weighted by Gasteiger charge is 2.35. The van der Waals surface area contributed by atoms with E-state index in [2.05, 4.69) is 15.2 Å². The number of H-pyrrole nitrogens is 1. The van der Waals surface area contributed by atoms with E-state index in [1.807, 2.05) is 0 Å². The van der Waals surface area contributed by atoms with Crippen molar-refractivity contribution in [1.82, 2.24) is 15.2 Å². The van der Waals surface area contributed by atoms with Gasteiger partial charge in [0.1, 0.15) is 29.4 Å². The summed E-state index contributed by atoms with van der Waals surface area (Å²) in [5, 5.41) is 17.5. The Hall–Kier alpha value is -2.60. The van der Waals surface area contributed by atoms with E-state index in [-0.39, 0.29) is 12.0 Å². The SMILES string of the molecule is OC(Cc1ncn[nH]1)(c1ccc(F)cc1)c1ccccc1F. The molecule has 0 aliphatic heterocycles. The number of benzene rings is 2. The number of aromatic nitrogens is 3. The van der Waals surface area contributed by atoms with E-state index in [0.717, 1.165) is 0 Å². The number of halogens is 2. The van der Waals surface area contributed by atoms with Gasteiger partial charge in [-0.2, -0.15) is 5.10 Å². The minimum Gasteiger partial charge on any atom is -0.380 e. The average Bonchev–Trinajstić information content (AvgIpc) is 3.01. The van der Waals surface area contributed by atoms with Gasteiger partial charge in [-0.05, 0) is 23.8 Å². The van der Waals surface area contributed by atoms with E-state index in [1.54, 1.807) is 12.1 Å². The van der Waals surface area contributed by atoms with Gasteiger partial charge in [0.2, 0.25) is 0 Å². The normalized spacial score (nSPS) is 13.8. The smallest absolute Gasteiger partial charge is 0.137 e. The second-order valence-electron chi connectivity index (χ2n) is 4.96. The van der Waals surface area contributed by atoms with Gasteiger partial charge in [0.05, 0.1) is 0 Å². The summed E-state index contributed by atoms with van der Waals surface area (Å²) >= 11 is 0. The number of rotatable bonds is 4. The van der Waals surface area contributed by atoms with Crippen LogP contribution in [-0.4, -0.2) is 20.3 Å². The summed E-state index contributed by atoms with van der Waals surface area (Å²) in [5.41, 5.74) is -1.22. The highest BCUT2D eigenvalue weighted by atomic mass is 19.1. The first-order chi connectivity index (χ1) is 10.6. The molecular weight excluding hydrogens is 288 g/mol. The lowest BCUT2D eigenvalue weighted by Crippen LogP contribution is -2.31. The molecule has 0 amide bonds. The van der Waals surface area contributed by atoms with Gasteiger partial charge in [0.15, 0.2) is 0 Å². The average molecular weight is 301 g/mol. The molecule has 0 saturated heterocycles. The molecule has 3 aromatic rings. The lowest BCUT2D eigenvalue weighted by atomic mass is 9.83. The second-order valence-corrected chi connectivity index (χ2v) is 4.96. The first-order valence-electron chi connectivity index (χ1n) is 6.67. The Morgan fingerprint density at radius 3 is 2.41 bits per heavy atom. The fourth-order valence-corrected chi connectivity index (χ4v) is 2.43. The number of aromatic amines is 1. The van der Waals surface area contributed by atoms with Crippen molar-refractivity contribution in [2.75, 3.05) is 0 Å². The highest BCUT2D eigenvalue weighted by Crippen LogP contribution is 2.34. The van der Waals surface area contributed by atoms with E-state index in [1.165, 1.54) is 42.7 Å². The van der Waals surface area contributed by atoms with Crippen LogP contribution in [0.25, 0.3) is 0 Å². The van der Waals surface area contributed by atoms with Crippen LogP contribution in [0.1, 0.15) is 17.0 Å². The third-order valence-corrected chi connectivity index (χ3v) is 3.53. The number of nitrogens with zero attached hydrogens (tertiary/aromatic N) is 2. The molecule has 2 aromatic carbocycles. The predicted molar refractivity (Wildman–Crippen MR) is 75.9 cm³/mol. The minimum absolute atomic E-state index is 0.0143. The molecule has 112 valence electrons. The van der Waals surface area contributed by atoms with Crippen molar-refractivity contribution in [2.45, 2.75) is 12.0 Å². The molecule has 1 atom stereocenters. The molecule has 22 heavy (non-hydrogen) atoms. The lowest BCUT2D eigenvalue weighted by molar-refractivity contribution is 0.0749. The summed E-state index contributed by atoms with van der Waals surface area (Å²) < 4.78 is 27.3. The third-order valence-electron chi connectivity index (χ3n) is 3.53. The van der Waals surface area contributed by atoms with Crippen molar-refractivity contribution in [1.29, 1.82) is 0 Å². The van der Waals surface area contributed by atoms with Crippen LogP contribution in [0.5, 0.6) is 0 Å². The Balaban J connectivity index is 2.13. The molecule has 0 aliphatic rings. The van der Waals surface area contributed by atoms with Crippen LogP contribution >= 0.6 is 0 Å². The summed E-state index contributed by atoms with van der Waals surface area (Å²) in [6.07, 6.45) is 1.29. The van der Waals surface area contributed by atoms with E-state index in [0.29, 0.717) is 11.4 Å². The van der Waals surface area contributed by atoms with Crippen LogP contribution in [0.3, 0.4) is 0 Å². The number of hydrogen-bond donors (Lipinski definition) is 2. The van der Waals surface area contributed by atoms with Crippen molar-refractivity contribution in [3.8, 4) is 0 Å². The van der Waals surface area contributed by atoms with E-state index in [4.69, 9.17) is 0 Å². The van der Waals surface area contributed by atoms with Crippen LogP contribution in [0.15, 0.2) is 54.9 Å². The van der Waals surface area contributed by atoms with E-state index >= 15 is 0 Å². The molecule has 0 radical (unpaired) electrons. The maximum atomic E-state index is 14.2. The fraction of sp³-hybridized carbons (Fsp3) is 0.125. The van der Waals surface area contributed by atoms with Crippen molar-refractivity contribution in [3.63, 3.8) is 0 Å². The fourth-order valence-electron chi connectivity index (χ4n) is 2.43. The topological polar surface area (TPSA) is 61.8 Å². The monoisotopic (exact) mass is 301 g/mol. The number of hydrogen-bond acceptors (Lipinski definition) is 3. The van der Waals surface area contributed by atoms with Crippen LogP contribution in [0, 0.1) is 11.6 Å². The first kappa shape index (κ1) is 14.3. The van der Waals surface area contributed by atoms with Gasteiger partial charge in [-0.25, -0.2) is 13.8 Å². The highest BCUT2D eigenvalue weighted by molar-refractivity contribution is 5.38. The summed E-state index contributed by atoms with van der Waals surface area (Å²) in [6, 6.07) is 11.2. The second kappa shape index (κ2) is 5.65. The summed E-state index contributed by atoms with van der Waals surface area (Å²) in [5.74, 6) is -0.580. The maximum absolute atomic E-state index is 14.2. The molecule has 2 N–H and O–H groups in total. The van der Waals surface area contributed by atoms with Crippen LogP contribution in [0.2, 0.25) is 0 Å². The zero-order chi connectivity index (χ0) is 15.6. The quantitative estimate of drug-likeness (QED) is 0.778. The molecule has 1 aromatic heterocycles. The van der Waals surface area contributed by atoms with Crippen molar-refractivity contribution in [3.05, 3.63) is 83.4 Å². The lowest BCUT2D eigenvalue weighted by Gasteiger charge is -2.29. The standard InChI is InChI=1S/C16H13F2N3O/c17-12-7-5-11(6-8-12)16(22,9-15-19-10-20-21-15)13-3-1-2-4-14(13)18/h1-8,10,22H,9H2,(H,19,20,21). The molecule has 0 saturated carbocycles. The van der Waals surface area contributed by atoms with Gasteiger partial charge >= 0.3 is 0 Å². The van der Waals surface area contributed by atoms with Gasteiger partial charge in [0.25, 0.3) is 0 Å². The van der Waals surface area contributed by atoms with Crippen molar-refractivity contribution < 1.29 is 13.9 Å². The maximum Gasteiger partial charge on any atom is 0.137 e. The molecule has 0 bridgehead atoms. The summed E-state index contributed by atoms with van der Waals surface area (Å²) in [4.78, 5) is 3.98. The molecule has 1 unspecified atom stereocenters. The Bertz CT molecular complexity index is 759. The summed E-state index contributed by atoms with van der Waals surface area (Å²) in [7, 11) is 0. The third kappa shape index (κ3) is 2.60. The Labute approximate surface area is 125 Å².